The van der Waals surface area contributed by atoms with E-state index in [0.29, 0.717) is 11.4 Å². The Morgan fingerprint density at radius 1 is 0.520 bits per heavy atom. The third kappa shape index (κ3) is 4.33. The second-order valence-electron chi connectivity index (χ2n) is 12.5. The van der Waals surface area contributed by atoms with Crippen LogP contribution in [0, 0.1) is 11.3 Å². The molecule has 0 N–H and O–H groups in total. The summed E-state index contributed by atoms with van der Waals surface area (Å²) >= 11 is 0. The van der Waals surface area contributed by atoms with Crippen LogP contribution in [0.15, 0.2) is 162 Å². The highest BCUT2D eigenvalue weighted by Gasteiger charge is 2.20. The molecule has 0 amide bonds. The molecule has 0 saturated carbocycles. The van der Waals surface area contributed by atoms with Crippen molar-refractivity contribution < 1.29 is 4.42 Å². The molecular formula is C45H26N4O. The van der Waals surface area contributed by atoms with Gasteiger partial charge in [-0.25, -0.2) is 9.97 Å². The lowest BCUT2D eigenvalue weighted by Crippen LogP contribution is -1.99. The molecule has 0 fully saturated rings. The number of aromatic nitrogens is 3. The van der Waals surface area contributed by atoms with Gasteiger partial charge in [0, 0.05) is 38.4 Å². The lowest BCUT2D eigenvalue weighted by molar-refractivity contribution is 0.673. The minimum Gasteiger partial charge on any atom is -0.455 e. The molecule has 0 spiro atoms. The van der Waals surface area contributed by atoms with Gasteiger partial charge in [0.25, 0.3) is 0 Å². The minimum atomic E-state index is 0.604. The van der Waals surface area contributed by atoms with Crippen LogP contribution < -0.4 is 0 Å². The topological polar surface area (TPSA) is 67.6 Å². The van der Waals surface area contributed by atoms with E-state index >= 15 is 0 Å². The average molecular weight is 639 g/mol. The summed E-state index contributed by atoms with van der Waals surface area (Å²) in [5.41, 5.74) is 11.0. The molecule has 10 aromatic rings. The molecule has 0 radical (unpaired) electrons. The third-order valence-corrected chi connectivity index (χ3v) is 9.59. The molecule has 0 aliphatic rings. The van der Waals surface area contributed by atoms with Gasteiger partial charge in [-0.1, -0.05) is 97.1 Å². The summed E-state index contributed by atoms with van der Waals surface area (Å²) < 4.78 is 8.87. The Morgan fingerprint density at radius 2 is 1.26 bits per heavy atom. The van der Waals surface area contributed by atoms with Crippen molar-refractivity contribution in [2.45, 2.75) is 0 Å². The van der Waals surface area contributed by atoms with Crippen LogP contribution in [0.1, 0.15) is 5.56 Å². The van der Waals surface area contributed by atoms with E-state index in [1.54, 1.807) is 0 Å². The van der Waals surface area contributed by atoms with Gasteiger partial charge in [0.1, 0.15) is 11.2 Å². The van der Waals surface area contributed by atoms with E-state index in [1.165, 1.54) is 0 Å². The standard InChI is InChI=1S/C45H26N4O/c46-27-28-11-10-14-30(23-28)31-24-32(45-47-38-18-7-4-16-36(38)43(48-45)29-12-2-1-3-13-29)26-33(25-31)49-39-19-8-5-17-37(39)42-40(49)22-21-35-34-15-6-9-20-41(34)50-44(35)42/h1-26H. The van der Waals surface area contributed by atoms with Crippen LogP contribution in [0.5, 0.6) is 0 Å². The average Bonchev–Trinajstić information content (AvgIpc) is 3.73. The summed E-state index contributed by atoms with van der Waals surface area (Å²) in [6.45, 7) is 0. The van der Waals surface area contributed by atoms with Crippen molar-refractivity contribution in [1.29, 1.82) is 5.26 Å². The number of furan rings is 1. The molecule has 5 heteroatoms. The lowest BCUT2D eigenvalue weighted by atomic mass is 9.99. The summed E-state index contributed by atoms with van der Waals surface area (Å²) in [7, 11) is 0. The van der Waals surface area contributed by atoms with Crippen LogP contribution in [0.25, 0.3) is 94.1 Å². The summed E-state index contributed by atoms with van der Waals surface area (Å²) in [4.78, 5) is 10.4. The van der Waals surface area contributed by atoms with Crippen molar-refractivity contribution in [2.75, 3.05) is 0 Å². The smallest absolute Gasteiger partial charge is 0.160 e. The zero-order valence-corrected chi connectivity index (χ0v) is 26.7. The van der Waals surface area contributed by atoms with Crippen LogP contribution >= 0.6 is 0 Å². The van der Waals surface area contributed by atoms with Gasteiger partial charge in [-0.05, 0) is 71.8 Å². The van der Waals surface area contributed by atoms with Gasteiger partial charge in [0.15, 0.2) is 5.82 Å². The zero-order valence-electron chi connectivity index (χ0n) is 26.7. The van der Waals surface area contributed by atoms with Gasteiger partial charge < -0.3 is 8.98 Å². The highest BCUT2D eigenvalue weighted by atomic mass is 16.3. The van der Waals surface area contributed by atoms with E-state index in [2.05, 4.69) is 95.6 Å². The predicted octanol–water partition coefficient (Wildman–Crippen LogP) is 11.5. The Morgan fingerprint density at radius 3 is 2.14 bits per heavy atom. The first-order valence-electron chi connectivity index (χ1n) is 16.6. The first kappa shape index (κ1) is 28.0. The van der Waals surface area contributed by atoms with Crippen molar-refractivity contribution in [3.63, 3.8) is 0 Å². The number of hydrogen-bond donors (Lipinski definition) is 0. The van der Waals surface area contributed by atoms with Crippen LogP contribution in [0.2, 0.25) is 0 Å². The monoisotopic (exact) mass is 638 g/mol. The molecule has 0 aliphatic carbocycles. The van der Waals surface area contributed by atoms with Crippen molar-refractivity contribution in [3.05, 3.63) is 163 Å². The maximum atomic E-state index is 9.78. The van der Waals surface area contributed by atoms with Crippen LogP contribution in [-0.4, -0.2) is 14.5 Å². The molecule has 3 aromatic heterocycles. The second-order valence-corrected chi connectivity index (χ2v) is 12.5. The molecule has 0 unspecified atom stereocenters. The first-order valence-corrected chi connectivity index (χ1v) is 16.6. The maximum absolute atomic E-state index is 9.78. The Balaban J connectivity index is 1.29. The van der Waals surface area contributed by atoms with E-state index in [-0.39, 0.29) is 0 Å². The quantitative estimate of drug-likeness (QED) is 0.192. The van der Waals surface area contributed by atoms with Gasteiger partial charge in [-0.3, -0.25) is 0 Å². The van der Waals surface area contributed by atoms with E-state index in [0.717, 1.165) is 88.3 Å². The van der Waals surface area contributed by atoms with E-state index < -0.39 is 0 Å². The van der Waals surface area contributed by atoms with Crippen molar-refractivity contribution >= 4 is 54.6 Å². The molecule has 50 heavy (non-hydrogen) atoms. The van der Waals surface area contributed by atoms with Crippen molar-refractivity contribution in [1.82, 2.24) is 14.5 Å². The van der Waals surface area contributed by atoms with E-state index in [9.17, 15) is 5.26 Å². The number of benzene rings is 7. The highest BCUT2D eigenvalue weighted by molar-refractivity contribution is 6.23. The summed E-state index contributed by atoms with van der Waals surface area (Å²) in [6, 6.07) is 56.0. The number of para-hydroxylation sites is 3. The summed E-state index contributed by atoms with van der Waals surface area (Å²) in [6.07, 6.45) is 0. The van der Waals surface area contributed by atoms with Gasteiger partial charge in [0.2, 0.25) is 0 Å². The summed E-state index contributed by atoms with van der Waals surface area (Å²) in [5.74, 6) is 0.627. The van der Waals surface area contributed by atoms with Crippen LogP contribution in [0.3, 0.4) is 0 Å². The van der Waals surface area contributed by atoms with Crippen LogP contribution in [0.4, 0.5) is 0 Å². The van der Waals surface area contributed by atoms with Gasteiger partial charge in [0.05, 0.1) is 39.3 Å². The predicted molar refractivity (Wildman–Crippen MR) is 202 cm³/mol. The molecule has 0 bridgehead atoms. The molecule has 7 aromatic carbocycles. The molecule has 232 valence electrons. The lowest BCUT2D eigenvalue weighted by Gasteiger charge is -2.15. The molecule has 0 atom stereocenters. The van der Waals surface area contributed by atoms with Gasteiger partial charge >= 0.3 is 0 Å². The molecular weight excluding hydrogens is 613 g/mol. The maximum Gasteiger partial charge on any atom is 0.160 e. The number of hydrogen-bond acceptors (Lipinski definition) is 4. The Bertz CT molecular complexity index is 3000. The van der Waals surface area contributed by atoms with Crippen molar-refractivity contribution in [3.8, 4) is 45.5 Å². The fourth-order valence-corrected chi connectivity index (χ4v) is 7.34. The van der Waals surface area contributed by atoms with E-state index in [1.807, 2.05) is 72.8 Å². The minimum absolute atomic E-state index is 0.604. The first-order chi connectivity index (χ1) is 24.7. The Kier molecular flexibility index (Phi) is 6.17. The van der Waals surface area contributed by atoms with Crippen molar-refractivity contribution in [2.24, 2.45) is 0 Å². The largest absolute Gasteiger partial charge is 0.455 e. The Hall–Kier alpha value is -7.03. The fraction of sp³-hybridized carbons (Fsp3) is 0. The number of nitrogens with zero attached hydrogens (tertiary/aromatic N) is 4. The Labute approximate surface area is 286 Å². The third-order valence-electron chi connectivity index (χ3n) is 9.59. The zero-order chi connectivity index (χ0) is 33.2. The summed E-state index contributed by atoms with van der Waals surface area (Å²) in [5, 5.41) is 15.2. The molecule has 0 saturated heterocycles. The number of rotatable bonds is 4. The van der Waals surface area contributed by atoms with Crippen LogP contribution in [-0.2, 0) is 0 Å². The number of fused-ring (bicyclic) bond motifs is 8. The normalized spacial score (nSPS) is 11.6. The number of nitriles is 1. The SMILES string of the molecule is N#Cc1cccc(-c2cc(-c3nc(-c4ccccc4)c4ccccc4n3)cc(-n3c4ccccc4c4c5oc6ccccc6c5ccc43)c2)c1. The second kappa shape index (κ2) is 11.0. The molecule has 5 nitrogen and oxygen atoms in total. The van der Waals surface area contributed by atoms with Gasteiger partial charge in [-0.15, -0.1) is 0 Å². The molecule has 10 rings (SSSR count). The fourth-order valence-electron chi connectivity index (χ4n) is 7.34. The van der Waals surface area contributed by atoms with E-state index in [4.69, 9.17) is 14.4 Å². The molecule has 0 aliphatic heterocycles. The highest BCUT2D eigenvalue weighted by Crippen LogP contribution is 2.42. The van der Waals surface area contributed by atoms with Gasteiger partial charge in [-0.2, -0.15) is 5.26 Å². The molecule has 3 heterocycles.